The molecule has 1 heterocycles. The number of carboxylic acids is 1. The van der Waals surface area contributed by atoms with E-state index in [9.17, 15) is 13.2 Å². The minimum Gasteiger partial charge on any atom is -0.480 e. The maximum Gasteiger partial charge on any atom is 0.320 e. The summed E-state index contributed by atoms with van der Waals surface area (Å²) >= 11 is 0. The summed E-state index contributed by atoms with van der Waals surface area (Å²) in [5, 5.41) is 8.43. The van der Waals surface area contributed by atoms with Gasteiger partial charge in [-0.15, -0.1) is 0 Å². The molecule has 7 heteroatoms. The largest absolute Gasteiger partial charge is 0.480 e. The number of hydrogen-bond acceptors (Lipinski definition) is 4. The van der Waals surface area contributed by atoms with E-state index in [-0.39, 0.29) is 12.6 Å². The molecule has 1 aliphatic heterocycles. The summed E-state index contributed by atoms with van der Waals surface area (Å²) < 4.78 is 24.2. The van der Waals surface area contributed by atoms with E-state index in [0.717, 1.165) is 12.8 Å². The van der Waals surface area contributed by atoms with Gasteiger partial charge in [-0.25, -0.2) is 8.42 Å². The molecule has 0 aromatic rings. The fraction of sp³-hybridized carbons (Fsp3) is 0.857. The summed E-state index contributed by atoms with van der Waals surface area (Å²) in [5.41, 5.74) is 5.40. The smallest absolute Gasteiger partial charge is 0.320 e. The third kappa shape index (κ3) is 2.43. The zero-order valence-corrected chi connectivity index (χ0v) is 8.53. The van der Waals surface area contributed by atoms with Crippen LogP contribution < -0.4 is 5.73 Å². The Hall–Kier alpha value is -0.660. The third-order valence-electron chi connectivity index (χ3n) is 2.26. The summed E-state index contributed by atoms with van der Waals surface area (Å²) in [4.78, 5) is 10.3. The molecule has 0 amide bonds. The predicted octanol–water partition coefficient (Wildman–Crippen LogP) is -1.18. The molecule has 0 bridgehead atoms. The highest BCUT2D eigenvalue weighted by molar-refractivity contribution is 7.89. The fourth-order valence-electron chi connectivity index (χ4n) is 1.65. The summed E-state index contributed by atoms with van der Waals surface area (Å²) in [6, 6.07) is -0.223. The van der Waals surface area contributed by atoms with Crippen LogP contribution in [0.25, 0.3) is 0 Å². The zero-order chi connectivity index (χ0) is 10.8. The fourth-order valence-corrected chi connectivity index (χ4v) is 3.18. The number of aliphatic carboxylic acids is 1. The van der Waals surface area contributed by atoms with E-state index >= 15 is 0 Å². The molecular weight excluding hydrogens is 208 g/mol. The van der Waals surface area contributed by atoms with Crippen LogP contribution in [0.2, 0.25) is 0 Å². The Labute approximate surface area is 82.7 Å². The van der Waals surface area contributed by atoms with Gasteiger partial charge in [0.1, 0.15) is 0 Å². The number of nitrogens with zero attached hydrogens (tertiary/aromatic N) is 1. The predicted molar refractivity (Wildman–Crippen MR) is 50.2 cm³/mol. The average molecular weight is 222 g/mol. The second-order valence-corrected chi connectivity index (χ2v) is 5.21. The molecule has 0 aromatic heterocycles. The molecular formula is C7H14N2O4S. The Morgan fingerprint density at radius 2 is 2.21 bits per heavy atom. The van der Waals surface area contributed by atoms with E-state index in [1.807, 2.05) is 0 Å². The molecule has 0 aliphatic carbocycles. The maximum atomic E-state index is 11.5. The van der Waals surface area contributed by atoms with Crippen LogP contribution in [0.1, 0.15) is 12.8 Å². The van der Waals surface area contributed by atoms with Gasteiger partial charge < -0.3 is 10.8 Å². The Bertz CT molecular complexity index is 314. The number of hydrogen-bond donors (Lipinski definition) is 2. The monoisotopic (exact) mass is 222 g/mol. The highest BCUT2D eigenvalue weighted by Gasteiger charge is 2.34. The molecule has 0 aromatic carbocycles. The van der Waals surface area contributed by atoms with E-state index in [0.29, 0.717) is 6.54 Å². The second-order valence-electron chi connectivity index (χ2n) is 3.29. The molecule has 1 fully saturated rings. The Morgan fingerprint density at radius 1 is 1.57 bits per heavy atom. The van der Waals surface area contributed by atoms with Crippen LogP contribution in [-0.4, -0.2) is 48.7 Å². The molecule has 82 valence electrons. The van der Waals surface area contributed by atoms with E-state index in [2.05, 4.69) is 0 Å². The zero-order valence-electron chi connectivity index (χ0n) is 7.72. The van der Waals surface area contributed by atoms with Gasteiger partial charge in [-0.1, -0.05) is 0 Å². The SMILES string of the molecule is NCC1CCCN1S(=O)(=O)CC(=O)O. The highest BCUT2D eigenvalue weighted by atomic mass is 32.2. The quantitative estimate of drug-likeness (QED) is 0.623. The van der Waals surface area contributed by atoms with Crippen LogP contribution in [0.3, 0.4) is 0 Å². The number of carbonyl (C=O) groups is 1. The van der Waals surface area contributed by atoms with Crippen molar-refractivity contribution in [2.24, 2.45) is 5.73 Å². The lowest BCUT2D eigenvalue weighted by Gasteiger charge is -2.21. The summed E-state index contributed by atoms with van der Waals surface area (Å²) in [7, 11) is -3.67. The Balaban J connectivity index is 2.76. The van der Waals surface area contributed by atoms with Crippen LogP contribution in [0.4, 0.5) is 0 Å². The number of carboxylic acid groups (broad SMARTS) is 1. The maximum absolute atomic E-state index is 11.5. The van der Waals surface area contributed by atoms with Crippen molar-refractivity contribution < 1.29 is 18.3 Å². The Kier molecular flexibility index (Phi) is 3.46. The number of nitrogens with two attached hydrogens (primary N) is 1. The molecule has 0 radical (unpaired) electrons. The first-order chi connectivity index (χ1) is 6.47. The number of rotatable bonds is 4. The van der Waals surface area contributed by atoms with Gasteiger partial charge in [0.15, 0.2) is 5.75 Å². The van der Waals surface area contributed by atoms with Gasteiger partial charge in [0.25, 0.3) is 0 Å². The van der Waals surface area contributed by atoms with E-state index in [4.69, 9.17) is 10.8 Å². The van der Waals surface area contributed by atoms with Crippen LogP contribution in [0, 0.1) is 0 Å². The number of sulfonamides is 1. The Morgan fingerprint density at radius 3 is 2.71 bits per heavy atom. The van der Waals surface area contributed by atoms with Crippen molar-refractivity contribution >= 4 is 16.0 Å². The normalized spacial score (nSPS) is 23.9. The molecule has 3 N–H and O–H groups in total. The molecule has 0 spiro atoms. The van der Waals surface area contributed by atoms with Crippen LogP contribution in [0.15, 0.2) is 0 Å². The lowest BCUT2D eigenvalue weighted by Crippen LogP contribution is -2.42. The van der Waals surface area contributed by atoms with Gasteiger partial charge >= 0.3 is 5.97 Å². The van der Waals surface area contributed by atoms with Crippen LogP contribution >= 0.6 is 0 Å². The minimum atomic E-state index is -3.67. The molecule has 1 unspecified atom stereocenters. The van der Waals surface area contributed by atoms with Crippen molar-refractivity contribution in [3.63, 3.8) is 0 Å². The first-order valence-corrected chi connectivity index (χ1v) is 5.99. The molecule has 1 aliphatic rings. The van der Waals surface area contributed by atoms with Crippen molar-refractivity contribution in [1.29, 1.82) is 0 Å². The average Bonchev–Trinajstić information content (AvgIpc) is 2.48. The van der Waals surface area contributed by atoms with Crippen LogP contribution in [-0.2, 0) is 14.8 Å². The van der Waals surface area contributed by atoms with Gasteiger partial charge in [-0.3, -0.25) is 4.79 Å². The van der Waals surface area contributed by atoms with Gasteiger partial charge in [0.05, 0.1) is 0 Å². The first-order valence-electron chi connectivity index (χ1n) is 4.39. The van der Waals surface area contributed by atoms with Crippen molar-refractivity contribution in [3.05, 3.63) is 0 Å². The van der Waals surface area contributed by atoms with Gasteiger partial charge in [0.2, 0.25) is 10.0 Å². The summed E-state index contributed by atoms with van der Waals surface area (Å²) in [6.07, 6.45) is 1.47. The minimum absolute atomic E-state index is 0.223. The molecule has 1 atom stereocenters. The first kappa shape index (κ1) is 11.4. The lowest BCUT2D eigenvalue weighted by molar-refractivity contribution is -0.134. The molecule has 1 saturated heterocycles. The molecule has 0 saturated carbocycles. The van der Waals surface area contributed by atoms with Crippen molar-refractivity contribution in [2.75, 3.05) is 18.8 Å². The van der Waals surface area contributed by atoms with Crippen molar-refractivity contribution in [3.8, 4) is 0 Å². The third-order valence-corrected chi connectivity index (χ3v) is 4.07. The second kappa shape index (κ2) is 4.24. The lowest BCUT2D eigenvalue weighted by atomic mass is 10.2. The van der Waals surface area contributed by atoms with E-state index in [1.165, 1.54) is 4.31 Å². The van der Waals surface area contributed by atoms with Crippen molar-refractivity contribution in [2.45, 2.75) is 18.9 Å². The summed E-state index contributed by atoms with van der Waals surface area (Å²) in [6.45, 7) is 0.635. The van der Waals surface area contributed by atoms with E-state index in [1.54, 1.807) is 0 Å². The van der Waals surface area contributed by atoms with Gasteiger partial charge in [-0.05, 0) is 12.8 Å². The molecule has 6 nitrogen and oxygen atoms in total. The molecule has 14 heavy (non-hydrogen) atoms. The van der Waals surface area contributed by atoms with Crippen molar-refractivity contribution in [1.82, 2.24) is 4.31 Å². The molecule has 1 rings (SSSR count). The highest BCUT2D eigenvalue weighted by Crippen LogP contribution is 2.20. The van der Waals surface area contributed by atoms with Gasteiger partial charge in [-0.2, -0.15) is 4.31 Å². The van der Waals surface area contributed by atoms with E-state index < -0.39 is 21.7 Å². The van der Waals surface area contributed by atoms with Gasteiger partial charge in [0, 0.05) is 19.1 Å². The summed E-state index contributed by atoms with van der Waals surface area (Å²) in [5.74, 6) is -2.17. The standard InChI is InChI=1S/C7H14N2O4S/c8-4-6-2-1-3-9(6)14(12,13)5-7(10)11/h6H,1-5,8H2,(H,10,11). The van der Waals surface area contributed by atoms with Crippen LogP contribution in [0.5, 0.6) is 0 Å². The topological polar surface area (TPSA) is 101 Å².